The van der Waals surface area contributed by atoms with E-state index >= 15 is 0 Å². The maximum absolute atomic E-state index is 12.2. The number of rotatable bonds is 14. The highest BCUT2D eigenvalue weighted by Gasteiger charge is 2.32. The number of hydrogen-bond acceptors (Lipinski definition) is 5. The predicted octanol–water partition coefficient (Wildman–Crippen LogP) is 4.22. The molecule has 0 aromatic heterocycles. The molecule has 0 aromatic carbocycles. The standard InChI is InChI=1S/C22H38O5/c1-4-26-17-15-22(3,25)14-13-19-11-12-21(24)20(19)10-8-6-5-7-9-16-27-18(2)23/h13-14,19-20,25H,4-12,15-17H2,1-3H3/b14-13+. The normalized spacial score (nSPS) is 22.3. The van der Waals surface area contributed by atoms with Crippen LogP contribution in [0.1, 0.15) is 78.6 Å². The number of aliphatic hydroxyl groups is 1. The number of esters is 1. The third-order valence-electron chi connectivity index (χ3n) is 5.28. The van der Waals surface area contributed by atoms with Gasteiger partial charge in [0.1, 0.15) is 5.78 Å². The Bertz CT molecular complexity index is 469. The fourth-order valence-corrected chi connectivity index (χ4v) is 3.59. The van der Waals surface area contributed by atoms with Crippen LogP contribution in [0.25, 0.3) is 0 Å². The van der Waals surface area contributed by atoms with Crippen molar-refractivity contribution in [3.63, 3.8) is 0 Å². The second-order valence-corrected chi connectivity index (χ2v) is 7.84. The summed E-state index contributed by atoms with van der Waals surface area (Å²) in [6, 6.07) is 0. The van der Waals surface area contributed by atoms with Gasteiger partial charge in [-0.2, -0.15) is 0 Å². The van der Waals surface area contributed by atoms with Crippen molar-refractivity contribution in [1.29, 1.82) is 0 Å². The average molecular weight is 383 g/mol. The van der Waals surface area contributed by atoms with Gasteiger partial charge >= 0.3 is 5.97 Å². The lowest BCUT2D eigenvalue weighted by Crippen LogP contribution is -2.24. The molecular formula is C22H38O5. The highest BCUT2D eigenvalue weighted by molar-refractivity contribution is 5.83. The molecule has 1 fully saturated rings. The van der Waals surface area contributed by atoms with E-state index < -0.39 is 5.60 Å². The summed E-state index contributed by atoms with van der Waals surface area (Å²) >= 11 is 0. The van der Waals surface area contributed by atoms with Gasteiger partial charge in [-0.3, -0.25) is 9.59 Å². The third kappa shape index (κ3) is 10.6. The molecule has 27 heavy (non-hydrogen) atoms. The molecule has 5 nitrogen and oxygen atoms in total. The molecule has 0 bridgehead atoms. The summed E-state index contributed by atoms with van der Waals surface area (Å²) in [5.41, 5.74) is -0.882. The van der Waals surface area contributed by atoms with Gasteiger partial charge in [0.25, 0.3) is 0 Å². The molecule has 0 saturated heterocycles. The predicted molar refractivity (Wildman–Crippen MR) is 106 cm³/mol. The smallest absolute Gasteiger partial charge is 0.302 e. The summed E-state index contributed by atoms with van der Waals surface area (Å²) in [4.78, 5) is 22.9. The van der Waals surface area contributed by atoms with Crippen molar-refractivity contribution in [3.8, 4) is 0 Å². The first-order valence-electron chi connectivity index (χ1n) is 10.5. The Kier molecular flexibility index (Phi) is 11.5. The van der Waals surface area contributed by atoms with E-state index in [9.17, 15) is 14.7 Å². The molecule has 0 amide bonds. The first-order chi connectivity index (χ1) is 12.9. The van der Waals surface area contributed by atoms with E-state index in [1.807, 2.05) is 13.0 Å². The highest BCUT2D eigenvalue weighted by atomic mass is 16.5. The number of carbonyl (C=O) groups is 2. The van der Waals surface area contributed by atoms with Crippen LogP contribution in [0.4, 0.5) is 0 Å². The summed E-state index contributed by atoms with van der Waals surface area (Å²) in [5.74, 6) is 0.504. The van der Waals surface area contributed by atoms with Crippen molar-refractivity contribution in [3.05, 3.63) is 12.2 Å². The quantitative estimate of drug-likeness (QED) is 0.277. The fraction of sp³-hybridized carbons (Fsp3) is 0.818. The van der Waals surface area contributed by atoms with Crippen LogP contribution in [-0.4, -0.2) is 42.3 Å². The second kappa shape index (κ2) is 13.1. The van der Waals surface area contributed by atoms with Crippen molar-refractivity contribution in [2.45, 2.75) is 84.2 Å². The van der Waals surface area contributed by atoms with E-state index in [-0.39, 0.29) is 17.8 Å². The molecule has 3 atom stereocenters. The SMILES string of the molecule is CCOCCC(C)(O)/C=C/C1CCC(=O)C1CCCCCCCOC(C)=O. The van der Waals surface area contributed by atoms with Gasteiger partial charge in [0.2, 0.25) is 0 Å². The summed E-state index contributed by atoms with van der Waals surface area (Å²) in [5, 5.41) is 10.4. The van der Waals surface area contributed by atoms with Crippen molar-refractivity contribution in [1.82, 2.24) is 0 Å². The lowest BCUT2D eigenvalue weighted by molar-refractivity contribution is -0.141. The van der Waals surface area contributed by atoms with Crippen LogP contribution >= 0.6 is 0 Å². The van der Waals surface area contributed by atoms with E-state index in [0.29, 0.717) is 38.4 Å². The molecule has 0 spiro atoms. The molecule has 0 heterocycles. The molecule has 5 heteroatoms. The Morgan fingerprint density at radius 2 is 1.93 bits per heavy atom. The number of carbonyl (C=O) groups excluding carboxylic acids is 2. The number of hydrogen-bond donors (Lipinski definition) is 1. The maximum atomic E-state index is 12.2. The monoisotopic (exact) mass is 382 g/mol. The van der Waals surface area contributed by atoms with Crippen LogP contribution in [0.3, 0.4) is 0 Å². The van der Waals surface area contributed by atoms with Crippen molar-refractivity contribution >= 4 is 11.8 Å². The number of ether oxygens (including phenoxy) is 2. The lowest BCUT2D eigenvalue weighted by atomic mass is 9.88. The molecule has 0 radical (unpaired) electrons. The number of unbranched alkanes of at least 4 members (excludes halogenated alkanes) is 4. The minimum atomic E-state index is -0.882. The Balaban J connectivity index is 2.29. The number of allylic oxidation sites excluding steroid dienone is 1. The molecule has 1 rings (SSSR count). The van der Waals surface area contributed by atoms with Gasteiger partial charge in [-0.1, -0.05) is 37.8 Å². The third-order valence-corrected chi connectivity index (χ3v) is 5.28. The molecule has 0 aliphatic heterocycles. The second-order valence-electron chi connectivity index (χ2n) is 7.84. The van der Waals surface area contributed by atoms with Gasteiger partial charge in [0.05, 0.1) is 12.2 Å². The average Bonchev–Trinajstić information content (AvgIpc) is 2.95. The summed E-state index contributed by atoms with van der Waals surface area (Å²) in [7, 11) is 0. The van der Waals surface area contributed by atoms with E-state index in [1.54, 1.807) is 6.92 Å². The van der Waals surface area contributed by atoms with Gasteiger partial charge in [0.15, 0.2) is 0 Å². The van der Waals surface area contributed by atoms with Crippen LogP contribution in [0, 0.1) is 11.8 Å². The van der Waals surface area contributed by atoms with Gasteiger partial charge in [-0.15, -0.1) is 0 Å². The summed E-state index contributed by atoms with van der Waals surface area (Å²) in [6.45, 7) is 6.87. The number of ketones is 1. The van der Waals surface area contributed by atoms with Gasteiger partial charge in [0, 0.05) is 38.9 Å². The molecule has 1 aliphatic carbocycles. The molecular weight excluding hydrogens is 344 g/mol. The van der Waals surface area contributed by atoms with Gasteiger partial charge in [-0.25, -0.2) is 0 Å². The van der Waals surface area contributed by atoms with E-state index in [4.69, 9.17) is 9.47 Å². The molecule has 156 valence electrons. The molecule has 1 aliphatic rings. The maximum Gasteiger partial charge on any atom is 0.302 e. The van der Waals surface area contributed by atoms with Crippen LogP contribution in [0.15, 0.2) is 12.2 Å². The fourth-order valence-electron chi connectivity index (χ4n) is 3.59. The molecule has 1 saturated carbocycles. The van der Waals surface area contributed by atoms with Crippen LogP contribution < -0.4 is 0 Å². The zero-order valence-electron chi connectivity index (χ0n) is 17.4. The van der Waals surface area contributed by atoms with Crippen molar-refractivity contribution in [2.75, 3.05) is 19.8 Å². The Labute approximate surface area is 164 Å². The highest BCUT2D eigenvalue weighted by Crippen LogP contribution is 2.34. The van der Waals surface area contributed by atoms with Crippen LogP contribution in [0.2, 0.25) is 0 Å². The van der Waals surface area contributed by atoms with Gasteiger partial charge in [-0.05, 0) is 39.0 Å². The Morgan fingerprint density at radius 1 is 1.22 bits per heavy atom. The van der Waals surface area contributed by atoms with Crippen LogP contribution in [0.5, 0.6) is 0 Å². The van der Waals surface area contributed by atoms with Gasteiger partial charge < -0.3 is 14.6 Å². The topological polar surface area (TPSA) is 72.8 Å². The minimum absolute atomic E-state index is 0.102. The van der Waals surface area contributed by atoms with Crippen molar-refractivity contribution < 1.29 is 24.2 Å². The van der Waals surface area contributed by atoms with E-state index in [1.165, 1.54) is 6.92 Å². The largest absolute Gasteiger partial charge is 0.466 e. The van der Waals surface area contributed by atoms with Crippen molar-refractivity contribution in [2.24, 2.45) is 11.8 Å². The molecule has 1 N–H and O–H groups in total. The minimum Gasteiger partial charge on any atom is -0.466 e. The van der Waals surface area contributed by atoms with Crippen LogP contribution in [-0.2, 0) is 19.1 Å². The Hall–Kier alpha value is -1.20. The zero-order chi connectivity index (χ0) is 20.1. The first-order valence-corrected chi connectivity index (χ1v) is 10.5. The molecule has 3 unspecified atom stereocenters. The lowest BCUT2D eigenvalue weighted by Gasteiger charge is -2.21. The summed E-state index contributed by atoms with van der Waals surface area (Å²) < 4.78 is 10.2. The number of Topliss-reactive ketones (excluding diaryl/α,β-unsaturated/α-hetero) is 1. The first kappa shape index (κ1) is 23.8. The van der Waals surface area contributed by atoms with E-state index in [2.05, 4.69) is 6.08 Å². The summed E-state index contributed by atoms with van der Waals surface area (Å²) in [6.07, 6.45) is 12.2. The molecule has 0 aromatic rings. The zero-order valence-corrected chi connectivity index (χ0v) is 17.4. The van der Waals surface area contributed by atoms with E-state index in [0.717, 1.165) is 44.9 Å². The Morgan fingerprint density at radius 3 is 2.63 bits per heavy atom.